The molecule has 1 aromatic carbocycles. The monoisotopic (exact) mass is 435 g/mol. The third-order valence-electron chi connectivity index (χ3n) is 3.85. The Labute approximate surface area is 182 Å². The summed E-state index contributed by atoms with van der Waals surface area (Å²) in [5.74, 6) is 0.955. The predicted molar refractivity (Wildman–Crippen MR) is 119 cm³/mol. The lowest BCUT2D eigenvalue weighted by molar-refractivity contribution is 0.0741. The Morgan fingerprint density at radius 3 is 2.18 bits per heavy atom. The van der Waals surface area contributed by atoms with Crippen LogP contribution in [0.2, 0.25) is 0 Å². The first kappa shape index (κ1) is 24.0. The molecule has 0 aliphatic rings. The second kappa shape index (κ2) is 13.2. The van der Waals surface area contributed by atoms with Crippen LogP contribution in [0.5, 0.6) is 0 Å². The first-order chi connectivity index (χ1) is 12.8. The lowest BCUT2D eigenvalue weighted by Crippen LogP contribution is -2.32. The largest absolute Gasteiger partial charge is 0.333 e. The van der Waals surface area contributed by atoms with Crippen LogP contribution in [0, 0.1) is 0 Å². The van der Waals surface area contributed by atoms with Crippen LogP contribution in [0.25, 0.3) is 0 Å². The van der Waals surface area contributed by atoms with E-state index in [0.717, 1.165) is 22.9 Å². The molecule has 1 amide bonds. The predicted octanol–water partition coefficient (Wildman–Crippen LogP) is 5.15. The van der Waals surface area contributed by atoms with Crippen molar-refractivity contribution >= 4 is 42.5 Å². The van der Waals surface area contributed by atoms with Crippen molar-refractivity contribution in [2.24, 2.45) is 0 Å². The number of rotatable bonds is 8. The number of aromatic nitrogens is 2. The van der Waals surface area contributed by atoms with E-state index in [0.29, 0.717) is 18.7 Å². The lowest BCUT2D eigenvalue weighted by atomic mass is 10.2. The zero-order valence-corrected chi connectivity index (χ0v) is 17.8. The SMILES string of the molecule is Cl.Cl.O=C(c1ccccc1)N(CCCSc1ccccn1)Cc1ccccn1. The number of hydrogen-bond acceptors (Lipinski definition) is 4. The number of nitrogens with zero attached hydrogens (tertiary/aromatic N) is 3. The van der Waals surface area contributed by atoms with Crippen molar-refractivity contribution in [2.75, 3.05) is 12.3 Å². The van der Waals surface area contributed by atoms with Gasteiger partial charge in [-0.2, -0.15) is 0 Å². The third-order valence-corrected chi connectivity index (χ3v) is 4.88. The van der Waals surface area contributed by atoms with Crippen LogP contribution in [-0.4, -0.2) is 33.1 Å². The number of amides is 1. The van der Waals surface area contributed by atoms with Crippen molar-refractivity contribution < 1.29 is 4.79 Å². The molecule has 0 radical (unpaired) electrons. The van der Waals surface area contributed by atoms with E-state index < -0.39 is 0 Å². The molecule has 7 heteroatoms. The van der Waals surface area contributed by atoms with Gasteiger partial charge in [-0.1, -0.05) is 30.3 Å². The molecule has 4 nitrogen and oxygen atoms in total. The van der Waals surface area contributed by atoms with Crippen LogP contribution in [0.4, 0.5) is 0 Å². The number of pyridine rings is 2. The molecule has 0 atom stereocenters. The van der Waals surface area contributed by atoms with Gasteiger partial charge in [-0.15, -0.1) is 36.6 Å². The van der Waals surface area contributed by atoms with Crippen molar-refractivity contribution in [3.63, 3.8) is 0 Å². The summed E-state index contributed by atoms with van der Waals surface area (Å²) in [6, 6.07) is 21.1. The highest BCUT2D eigenvalue weighted by Gasteiger charge is 2.16. The first-order valence-electron chi connectivity index (χ1n) is 8.61. The summed E-state index contributed by atoms with van der Waals surface area (Å²) < 4.78 is 0. The van der Waals surface area contributed by atoms with Gasteiger partial charge in [0.2, 0.25) is 0 Å². The van der Waals surface area contributed by atoms with E-state index in [9.17, 15) is 4.79 Å². The summed E-state index contributed by atoms with van der Waals surface area (Å²) in [4.78, 5) is 23.4. The molecule has 2 heterocycles. The van der Waals surface area contributed by atoms with Crippen molar-refractivity contribution in [3.8, 4) is 0 Å². The maximum absolute atomic E-state index is 12.9. The summed E-state index contributed by atoms with van der Waals surface area (Å²) in [6.07, 6.45) is 4.46. The number of thioether (sulfide) groups is 1. The Hall–Kier alpha value is -2.08. The van der Waals surface area contributed by atoms with E-state index in [2.05, 4.69) is 9.97 Å². The van der Waals surface area contributed by atoms with Crippen LogP contribution in [0.3, 0.4) is 0 Å². The summed E-state index contributed by atoms with van der Waals surface area (Å²) >= 11 is 1.71. The van der Waals surface area contributed by atoms with Crippen molar-refractivity contribution in [2.45, 2.75) is 18.0 Å². The number of halogens is 2. The minimum Gasteiger partial charge on any atom is -0.333 e. The molecule has 3 rings (SSSR count). The van der Waals surface area contributed by atoms with Gasteiger partial charge in [0.25, 0.3) is 5.91 Å². The number of benzene rings is 1. The fourth-order valence-electron chi connectivity index (χ4n) is 2.57. The van der Waals surface area contributed by atoms with E-state index in [1.54, 1.807) is 24.2 Å². The van der Waals surface area contributed by atoms with Gasteiger partial charge in [-0.25, -0.2) is 4.98 Å². The Balaban J connectivity index is 0.00000196. The molecular weight excluding hydrogens is 413 g/mol. The van der Waals surface area contributed by atoms with Crippen LogP contribution in [0.1, 0.15) is 22.5 Å². The molecule has 0 N–H and O–H groups in total. The molecule has 0 aliphatic heterocycles. The van der Waals surface area contributed by atoms with Crippen LogP contribution in [0.15, 0.2) is 84.1 Å². The van der Waals surface area contributed by atoms with Gasteiger partial charge in [0.15, 0.2) is 0 Å². The summed E-state index contributed by atoms with van der Waals surface area (Å²) in [7, 11) is 0. The topological polar surface area (TPSA) is 46.1 Å². The summed E-state index contributed by atoms with van der Waals surface area (Å²) in [6.45, 7) is 1.20. The zero-order chi connectivity index (χ0) is 18.0. The molecule has 0 saturated carbocycles. The second-order valence-electron chi connectivity index (χ2n) is 5.78. The number of hydrogen-bond donors (Lipinski definition) is 0. The van der Waals surface area contributed by atoms with Crippen LogP contribution >= 0.6 is 36.6 Å². The Morgan fingerprint density at radius 2 is 1.54 bits per heavy atom. The molecule has 3 aromatic rings. The van der Waals surface area contributed by atoms with Crippen molar-refractivity contribution in [1.29, 1.82) is 0 Å². The molecule has 28 heavy (non-hydrogen) atoms. The quantitative estimate of drug-likeness (QED) is 0.362. The molecular formula is C21H23Cl2N3OS. The standard InChI is InChI=1S/C21H21N3OS.2ClH/c25-21(18-9-2-1-3-10-18)24(17-19-11-4-6-13-22-19)15-8-16-26-20-12-5-7-14-23-20;;/h1-7,9-14H,8,15-17H2;2*1H. The van der Waals surface area contributed by atoms with Gasteiger partial charge in [-0.05, 0) is 42.8 Å². The Kier molecular flexibility index (Phi) is 11.3. The normalized spacial score (nSPS) is 9.71. The number of carbonyl (C=O) groups excluding carboxylic acids is 1. The van der Waals surface area contributed by atoms with E-state index >= 15 is 0 Å². The average molecular weight is 436 g/mol. The van der Waals surface area contributed by atoms with Gasteiger partial charge in [0.05, 0.1) is 17.3 Å². The minimum atomic E-state index is 0. The van der Waals surface area contributed by atoms with E-state index in [1.807, 2.05) is 71.6 Å². The molecule has 0 spiro atoms. The molecule has 2 aromatic heterocycles. The highest BCUT2D eigenvalue weighted by molar-refractivity contribution is 7.99. The van der Waals surface area contributed by atoms with E-state index in [1.165, 1.54) is 0 Å². The van der Waals surface area contributed by atoms with Gasteiger partial charge >= 0.3 is 0 Å². The van der Waals surface area contributed by atoms with Gasteiger partial charge in [0.1, 0.15) is 0 Å². The lowest BCUT2D eigenvalue weighted by Gasteiger charge is -2.22. The maximum Gasteiger partial charge on any atom is 0.254 e. The van der Waals surface area contributed by atoms with Gasteiger partial charge in [-0.3, -0.25) is 9.78 Å². The molecule has 148 valence electrons. The molecule has 0 unspecified atom stereocenters. The molecule has 0 saturated heterocycles. The second-order valence-corrected chi connectivity index (χ2v) is 6.90. The van der Waals surface area contributed by atoms with E-state index in [-0.39, 0.29) is 30.7 Å². The highest BCUT2D eigenvalue weighted by Crippen LogP contribution is 2.16. The fourth-order valence-corrected chi connectivity index (χ4v) is 3.36. The van der Waals surface area contributed by atoms with Crippen LogP contribution < -0.4 is 0 Å². The third kappa shape index (κ3) is 7.50. The Morgan fingerprint density at radius 1 is 0.857 bits per heavy atom. The number of carbonyl (C=O) groups is 1. The van der Waals surface area contributed by atoms with Crippen molar-refractivity contribution in [3.05, 3.63) is 90.4 Å². The first-order valence-corrected chi connectivity index (χ1v) is 9.59. The summed E-state index contributed by atoms with van der Waals surface area (Å²) in [5, 5.41) is 1.01. The Bertz CT molecular complexity index is 808. The highest BCUT2D eigenvalue weighted by atomic mass is 35.5. The average Bonchev–Trinajstić information content (AvgIpc) is 2.72. The van der Waals surface area contributed by atoms with Crippen molar-refractivity contribution in [1.82, 2.24) is 14.9 Å². The smallest absolute Gasteiger partial charge is 0.254 e. The fraction of sp³-hybridized carbons (Fsp3) is 0.190. The molecule has 0 aliphatic carbocycles. The van der Waals surface area contributed by atoms with Gasteiger partial charge < -0.3 is 4.90 Å². The molecule has 0 fully saturated rings. The van der Waals surface area contributed by atoms with Gasteiger partial charge in [0, 0.05) is 30.3 Å². The summed E-state index contributed by atoms with van der Waals surface area (Å²) in [5.41, 5.74) is 1.61. The zero-order valence-electron chi connectivity index (χ0n) is 15.3. The van der Waals surface area contributed by atoms with Crippen LogP contribution in [-0.2, 0) is 6.54 Å². The van der Waals surface area contributed by atoms with E-state index in [4.69, 9.17) is 0 Å². The maximum atomic E-state index is 12.9. The minimum absolute atomic E-state index is 0. The molecule has 0 bridgehead atoms.